The first kappa shape index (κ1) is 20.0. The molecule has 0 aliphatic carbocycles. The van der Waals surface area contributed by atoms with Crippen LogP contribution < -0.4 is 10.1 Å². The van der Waals surface area contributed by atoms with Crippen molar-refractivity contribution in [1.82, 2.24) is 10.2 Å². The zero-order chi connectivity index (χ0) is 18.8. The Morgan fingerprint density at radius 3 is 2.73 bits per heavy atom. The largest absolute Gasteiger partial charge is 0.497 e. The molecule has 6 heteroatoms. The highest BCUT2D eigenvalue weighted by molar-refractivity contribution is 7.09. The number of hydrogen-bond acceptors (Lipinski definition) is 5. The smallest absolute Gasteiger partial charge is 0.234 e. The maximum atomic E-state index is 12.2. The summed E-state index contributed by atoms with van der Waals surface area (Å²) in [5, 5.41) is 13.5. The fourth-order valence-electron chi connectivity index (χ4n) is 2.68. The van der Waals surface area contributed by atoms with Gasteiger partial charge in [0.25, 0.3) is 0 Å². The average molecular weight is 372 g/mol. The molecule has 0 radical (unpaired) electrons. The molecule has 1 amide bonds. The van der Waals surface area contributed by atoms with Gasteiger partial charge in [0.05, 0.1) is 26.1 Å². The second-order valence-corrected chi connectivity index (χ2v) is 7.18. The molecule has 0 aliphatic rings. The zero-order valence-electron chi connectivity index (χ0n) is 15.3. The predicted octanol–water partition coefficient (Wildman–Crippen LogP) is 3.22. The summed E-state index contributed by atoms with van der Waals surface area (Å²) in [6, 6.07) is 14.4. The maximum absolute atomic E-state index is 12.2. The van der Waals surface area contributed by atoms with Crippen LogP contribution in [0, 0.1) is 11.3 Å². The van der Waals surface area contributed by atoms with E-state index >= 15 is 0 Å². The Morgan fingerprint density at radius 2 is 2.12 bits per heavy atom. The molecule has 1 atom stereocenters. The van der Waals surface area contributed by atoms with Gasteiger partial charge in [0.15, 0.2) is 0 Å². The van der Waals surface area contributed by atoms with Crippen LogP contribution >= 0.6 is 11.3 Å². The van der Waals surface area contributed by atoms with Crippen molar-refractivity contribution in [3.05, 3.63) is 52.2 Å². The first-order chi connectivity index (χ1) is 12.6. The quantitative estimate of drug-likeness (QED) is 0.651. The summed E-state index contributed by atoms with van der Waals surface area (Å²) >= 11 is 1.74. The van der Waals surface area contributed by atoms with E-state index in [-0.39, 0.29) is 11.9 Å². The SMILES string of the molecule is COc1ccc(CN(CC(=O)NCCC#N)C(C)Cc2cccs2)cc1. The number of hydrogen-bond donors (Lipinski definition) is 1. The highest BCUT2D eigenvalue weighted by Gasteiger charge is 2.18. The van der Waals surface area contributed by atoms with Gasteiger partial charge in [-0.1, -0.05) is 18.2 Å². The van der Waals surface area contributed by atoms with Crippen LogP contribution in [0.3, 0.4) is 0 Å². The van der Waals surface area contributed by atoms with Crippen molar-refractivity contribution >= 4 is 17.2 Å². The standard InChI is InChI=1S/C20H25N3O2S/c1-16(13-19-5-3-12-26-19)23(15-20(24)22-11-4-10-21)14-17-6-8-18(25-2)9-7-17/h3,5-9,12,16H,4,11,13-15H2,1-2H3,(H,22,24). The number of amides is 1. The van der Waals surface area contributed by atoms with E-state index in [1.165, 1.54) is 4.88 Å². The summed E-state index contributed by atoms with van der Waals surface area (Å²) < 4.78 is 5.21. The highest BCUT2D eigenvalue weighted by Crippen LogP contribution is 2.18. The van der Waals surface area contributed by atoms with Gasteiger partial charge in [-0.2, -0.15) is 5.26 Å². The van der Waals surface area contributed by atoms with Crippen LogP contribution in [-0.2, 0) is 17.8 Å². The molecule has 0 spiro atoms. The van der Waals surface area contributed by atoms with Gasteiger partial charge in [-0.15, -0.1) is 11.3 Å². The third-order valence-electron chi connectivity index (χ3n) is 4.15. The molecule has 0 fully saturated rings. The van der Waals surface area contributed by atoms with Crippen LogP contribution in [0.1, 0.15) is 23.8 Å². The van der Waals surface area contributed by atoms with Crippen LogP contribution in [0.15, 0.2) is 41.8 Å². The third-order valence-corrected chi connectivity index (χ3v) is 5.05. The van der Waals surface area contributed by atoms with E-state index in [9.17, 15) is 4.79 Å². The number of nitriles is 1. The predicted molar refractivity (Wildman–Crippen MR) is 104 cm³/mol. The van der Waals surface area contributed by atoms with E-state index in [0.717, 1.165) is 17.7 Å². The van der Waals surface area contributed by atoms with Crippen molar-refractivity contribution in [2.24, 2.45) is 0 Å². The van der Waals surface area contributed by atoms with Crippen molar-refractivity contribution < 1.29 is 9.53 Å². The average Bonchev–Trinajstić information content (AvgIpc) is 3.15. The molecule has 2 aromatic rings. The van der Waals surface area contributed by atoms with Gasteiger partial charge < -0.3 is 10.1 Å². The summed E-state index contributed by atoms with van der Waals surface area (Å²) in [6.45, 7) is 3.53. The van der Waals surface area contributed by atoms with Crippen LogP contribution in [0.4, 0.5) is 0 Å². The molecule has 1 unspecified atom stereocenters. The number of carbonyl (C=O) groups excluding carboxylic acids is 1. The molecule has 1 heterocycles. The summed E-state index contributed by atoms with van der Waals surface area (Å²) in [5.41, 5.74) is 1.13. The Bertz CT molecular complexity index is 708. The monoisotopic (exact) mass is 371 g/mol. The Hall–Kier alpha value is -2.36. The molecule has 2 rings (SSSR count). The van der Waals surface area contributed by atoms with E-state index in [2.05, 4.69) is 34.7 Å². The van der Waals surface area contributed by atoms with Gasteiger partial charge >= 0.3 is 0 Å². The van der Waals surface area contributed by atoms with Gasteiger partial charge in [0.1, 0.15) is 5.75 Å². The van der Waals surface area contributed by atoms with Crippen molar-refractivity contribution in [1.29, 1.82) is 5.26 Å². The van der Waals surface area contributed by atoms with E-state index in [0.29, 0.717) is 26.1 Å². The molecule has 26 heavy (non-hydrogen) atoms. The van der Waals surface area contributed by atoms with Gasteiger partial charge in [-0.3, -0.25) is 9.69 Å². The molecule has 1 aromatic heterocycles. The van der Waals surface area contributed by atoms with Gasteiger partial charge in [0, 0.05) is 24.0 Å². The summed E-state index contributed by atoms with van der Waals surface area (Å²) in [7, 11) is 1.65. The molecule has 0 bridgehead atoms. The molecule has 0 saturated heterocycles. The second-order valence-electron chi connectivity index (χ2n) is 6.14. The van der Waals surface area contributed by atoms with Crippen molar-refractivity contribution in [2.75, 3.05) is 20.2 Å². The summed E-state index contributed by atoms with van der Waals surface area (Å²) in [5.74, 6) is 0.771. The maximum Gasteiger partial charge on any atom is 0.234 e. The minimum Gasteiger partial charge on any atom is -0.497 e. The number of rotatable bonds is 10. The normalized spacial score (nSPS) is 11.8. The minimum atomic E-state index is -0.0493. The number of carbonyl (C=O) groups is 1. The number of nitrogens with one attached hydrogen (secondary N) is 1. The van der Waals surface area contributed by atoms with Crippen molar-refractivity contribution in [3.8, 4) is 11.8 Å². The number of methoxy groups -OCH3 is 1. The van der Waals surface area contributed by atoms with E-state index < -0.39 is 0 Å². The molecular formula is C20H25N3O2S. The Morgan fingerprint density at radius 1 is 1.35 bits per heavy atom. The van der Waals surface area contributed by atoms with Crippen LogP contribution in [0.2, 0.25) is 0 Å². The lowest BCUT2D eigenvalue weighted by molar-refractivity contribution is -0.122. The van der Waals surface area contributed by atoms with E-state index in [1.54, 1.807) is 18.4 Å². The lowest BCUT2D eigenvalue weighted by Gasteiger charge is -2.28. The van der Waals surface area contributed by atoms with Crippen LogP contribution in [0.5, 0.6) is 5.75 Å². The second kappa shape index (κ2) is 10.6. The van der Waals surface area contributed by atoms with E-state index in [4.69, 9.17) is 10.00 Å². The Kier molecular flexibility index (Phi) is 8.13. The molecule has 0 saturated carbocycles. The van der Waals surface area contributed by atoms with Crippen LogP contribution in [-0.4, -0.2) is 37.0 Å². The fraction of sp³-hybridized carbons (Fsp3) is 0.400. The number of thiophene rings is 1. The number of benzene rings is 1. The molecule has 1 N–H and O–H groups in total. The fourth-order valence-corrected chi connectivity index (χ4v) is 3.51. The van der Waals surface area contributed by atoms with Gasteiger partial charge in [-0.05, 0) is 42.5 Å². The Labute approximate surface area is 159 Å². The summed E-state index contributed by atoms with van der Waals surface area (Å²) in [4.78, 5) is 15.7. The molecule has 1 aromatic carbocycles. The summed E-state index contributed by atoms with van der Waals surface area (Å²) in [6.07, 6.45) is 1.23. The zero-order valence-corrected chi connectivity index (χ0v) is 16.1. The van der Waals surface area contributed by atoms with Crippen LogP contribution in [0.25, 0.3) is 0 Å². The van der Waals surface area contributed by atoms with E-state index in [1.807, 2.05) is 30.3 Å². The van der Waals surface area contributed by atoms with Gasteiger partial charge in [0.2, 0.25) is 5.91 Å². The lowest BCUT2D eigenvalue weighted by atomic mass is 10.1. The molecule has 0 aliphatic heterocycles. The third kappa shape index (κ3) is 6.51. The Balaban J connectivity index is 2.03. The molecule has 138 valence electrons. The molecule has 5 nitrogen and oxygen atoms in total. The first-order valence-corrected chi connectivity index (χ1v) is 9.53. The minimum absolute atomic E-state index is 0.0493. The molecular weight excluding hydrogens is 346 g/mol. The van der Waals surface area contributed by atoms with Crippen molar-refractivity contribution in [3.63, 3.8) is 0 Å². The first-order valence-electron chi connectivity index (χ1n) is 8.65. The number of ether oxygens (including phenoxy) is 1. The lowest BCUT2D eigenvalue weighted by Crippen LogP contribution is -2.42. The van der Waals surface area contributed by atoms with Gasteiger partial charge in [-0.25, -0.2) is 0 Å². The number of nitrogens with zero attached hydrogens (tertiary/aromatic N) is 2. The highest BCUT2D eigenvalue weighted by atomic mass is 32.1. The van der Waals surface area contributed by atoms with Crippen molar-refractivity contribution in [2.45, 2.75) is 32.4 Å². The topological polar surface area (TPSA) is 65.4 Å².